The Morgan fingerprint density at radius 3 is 1.53 bits per heavy atom. The number of nitrogens with zero attached hydrogens (tertiary/aromatic N) is 2. The third kappa shape index (κ3) is 9.71. The molecule has 0 fully saturated rings. The summed E-state index contributed by atoms with van der Waals surface area (Å²) in [4.78, 5) is 20.4. The highest BCUT2D eigenvalue weighted by Gasteiger charge is 2.26. The molecule has 2 unspecified atom stereocenters. The first kappa shape index (κ1) is 17.0. The fourth-order valence-corrected chi connectivity index (χ4v) is 3.55. The highest BCUT2D eigenvalue weighted by atomic mass is 31.2. The van der Waals surface area contributed by atoms with Crippen molar-refractivity contribution in [3.63, 3.8) is 0 Å². The van der Waals surface area contributed by atoms with Gasteiger partial charge in [0.2, 0.25) is 7.37 Å². The zero-order chi connectivity index (χ0) is 13.6. The second kappa shape index (κ2) is 7.46. The number of rotatable bonds is 8. The Bertz CT molecular complexity index is 239. The van der Waals surface area contributed by atoms with Gasteiger partial charge in [-0.1, -0.05) is 0 Å². The number of hydroxylamine groups is 4. The maximum Gasteiger partial charge on any atom is 0.205 e. The van der Waals surface area contributed by atoms with Crippen LogP contribution >= 0.6 is 7.37 Å². The largest absolute Gasteiger partial charge is 0.344 e. The van der Waals surface area contributed by atoms with Gasteiger partial charge in [0.05, 0.1) is 24.5 Å². The van der Waals surface area contributed by atoms with E-state index in [9.17, 15) is 9.46 Å². The fourth-order valence-electron chi connectivity index (χ4n) is 1.66. The lowest BCUT2D eigenvalue weighted by atomic mass is 10.5. The Hall–Kier alpha value is 0.0300. The van der Waals surface area contributed by atoms with Crippen LogP contribution in [0.25, 0.3) is 0 Å². The summed E-state index contributed by atoms with van der Waals surface area (Å²) in [5, 5.41) is 3.06. The summed E-state index contributed by atoms with van der Waals surface area (Å²) in [7, 11) is 3.77. The summed E-state index contributed by atoms with van der Waals surface area (Å²) >= 11 is 0. The molecule has 0 saturated carbocycles. The molecule has 0 saturated heterocycles. The van der Waals surface area contributed by atoms with Gasteiger partial charge in [0, 0.05) is 28.2 Å². The van der Waals surface area contributed by atoms with Gasteiger partial charge < -0.3 is 4.89 Å². The van der Waals surface area contributed by atoms with E-state index in [0.717, 1.165) is 0 Å². The quantitative estimate of drug-likeness (QED) is 0.524. The zero-order valence-electron chi connectivity index (χ0n) is 11.6. The van der Waals surface area contributed by atoms with Crippen LogP contribution in [0.4, 0.5) is 0 Å². The van der Waals surface area contributed by atoms with E-state index < -0.39 is 7.37 Å². The SMILES string of the molecule is CC(CP(=O)(O)CC(C)ON(C)C)ON(C)C. The average Bonchev–Trinajstić information content (AvgIpc) is 1.95. The van der Waals surface area contributed by atoms with Gasteiger partial charge in [-0.2, -0.15) is 10.1 Å². The molecule has 17 heavy (non-hydrogen) atoms. The van der Waals surface area contributed by atoms with E-state index in [2.05, 4.69) is 0 Å². The van der Waals surface area contributed by atoms with Gasteiger partial charge in [-0.3, -0.25) is 14.2 Å². The summed E-state index contributed by atoms with van der Waals surface area (Å²) in [6, 6.07) is 0. The average molecular weight is 268 g/mol. The van der Waals surface area contributed by atoms with Gasteiger partial charge >= 0.3 is 0 Å². The van der Waals surface area contributed by atoms with E-state index in [-0.39, 0.29) is 24.5 Å². The number of hydrogen-bond acceptors (Lipinski definition) is 5. The summed E-state index contributed by atoms with van der Waals surface area (Å²) in [5.41, 5.74) is 0. The van der Waals surface area contributed by atoms with Crippen LogP contribution in [0.15, 0.2) is 0 Å². The minimum absolute atomic E-state index is 0.131. The maximum absolute atomic E-state index is 12.0. The van der Waals surface area contributed by atoms with Crippen LogP contribution in [0.3, 0.4) is 0 Å². The topological polar surface area (TPSA) is 62.2 Å². The van der Waals surface area contributed by atoms with Crippen LogP contribution in [-0.2, 0) is 14.2 Å². The highest BCUT2D eigenvalue weighted by Crippen LogP contribution is 2.42. The lowest BCUT2D eigenvalue weighted by Crippen LogP contribution is -2.27. The van der Waals surface area contributed by atoms with Crippen LogP contribution in [0.1, 0.15) is 13.8 Å². The standard InChI is InChI=1S/C10H25N2O4P/c1-9(15-11(3)4)7-17(13,14)8-10(2)16-12(5)6/h9-10H,7-8H2,1-6H3,(H,13,14). The molecule has 0 aromatic heterocycles. The van der Waals surface area contributed by atoms with E-state index >= 15 is 0 Å². The van der Waals surface area contributed by atoms with E-state index in [4.69, 9.17) is 9.68 Å². The molecule has 0 spiro atoms. The van der Waals surface area contributed by atoms with E-state index in [1.54, 1.807) is 42.0 Å². The Morgan fingerprint density at radius 1 is 1.00 bits per heavy atom. The van der Waals surface area contributed by atoms with Gasteiger partial charge in [0.15, 0.2) is 0 Å². The van der Waals surface area contributed by atoms with Crippen LogP contribution in [-0.4, -0.2) is 67.7 Å². The minimum atomic E-state index is -3.22. The molecule has 0 aliphatic heterocycles. The molecule has 7 heteroatoms. The van der Waals surface area contributed by atoms with Crippen molar-refractivity contribution in [2.45, 2.75) is 26.1 Å². The van der Waals surface area contributed by atoms with Crippen molar-refractivity contribution in [1.82, 2.24) is 10.1 Å². The molecular weight excluding hydrogens is 243 g/mol. The first-order valence-electron chi connectivity index (χ1n) is 5.61. The molecule has 1 N–H and O–H groups in total. The van der Waals surface area contributed by atoms with Gasteiger partial charge in [-0.25, -0.2) is 0 Å². The lowest BCUT2D eigenvalue weighted by Gasteiger charge is -2.23. The van der Waals surface area contributed by atoms with Crippen molar-refractivity contribution >= 4 is 7.37 Å². The molecule has 0 aliphatic rings. The molecule has 0 aromatic carbocycles. The van der Waals surface area contributed by atoms with Gasteiger partial charge in [0.1, 0.15) is 0 Å². The third-order valence-electron chi connectivity index (χ3n) is 1.87. The van der Waals surface area contributed by atoms with Crippen molar-refractivity contribution in [2.24, 2.45) is 0 Å². The second-order valence-corrected chi connectivity index (χ2v) is 7.09. The first-order chi connectivity index (χ1) is 7.62. The smallest absolute Gasteiger partial charge is 0.205 e. The van der Waals surface area contributed by atoms with Crippen LogP contribution in [0, 0.1) is 0 Å². The summed E-state index contributed by atoms with van der Waals surface area (Å²) in [6.07, 6.45) is -0.307. The lowest BCUT2D eigenvalue weighted by molar-refractivity contribution is -0.153. The molecule has 0 radical (unpaired) electrons. The second-order valence-electron chi connectivity index (χ2n) is 4.67. The molecule has 0 heterocycles. The van der Waals surface area contributed by atoms with Crippen molar-refractivity contribution in [1.29, 1.82) is 0 Å². The van der Waals surface area contributed by atoms with Crippen molar-refractivity contribution < 1.29 is 19.1 Å². The van der Waals surface area contributed by atoms with Gasteiger partial charge in [-0.05, 0) is 13.8 Å². The molecular formula is C10H25N2O4P. The predicted molar refractivity (Wildman–Crippen MR) is 68.0 cm³/mol. The predicted octanol–water partition coefficient (Wildman–Crippen LogP) is 1.02. The Labute approximate surface area is 104 Å². The van der Waals surface area contributed by atoms with Crippen molar-refractivity contribution in [3.8, 4) is 0 Å². The summed E-state index contributed by atoms with van der Waals surface area (Å²) in [6.45, 7) is 3.56. The molecule has 2 atom stereocenters. The molecule has 104 valence electrons. The van der Waals surface area contributed by atoms with Crippen molar-refractivity contribution in [2.75, 3.05) is 40.5 Å². The van der Waals surface area contributed by atoms with Crippen LogP contribution in [0.2, 0.25) is 0 Å². The fraction of sp³-hybridized carbons (Fsp3) is 1.00. The molecule has 6 nitrogen and oxygen atoms in total. The van der Waals surface area contributed by atoms with Gasteiger partial charge in [-0.15, -0.1) is 0 Å². The Balaban J connectivity index is 4.14. The summed E-state index contributed by atoms with van der Waals surface area (Å²) < 4.78 is 12.0. The molecule has 0 amide bonds. The number of hydrogen-bond donors (Lipinski definition) is 1. The highest BCUT2D eigenvalue weighted by molar-refractivity contribution is 7.58. The van der Waals surface area contributed by atoms with Crippen LogP contribution < -0.4 is 0 Å². The summed E-state index contributed by atoms with van der Waals surface area (Å²) in [5.74, 6) is 0. The van der Waals surface area contributed by atoms with E-state index in [1.165, 1.54) is 10.1 Å². The molecule has 0 bridgehead atoms. The minimum Gasteiger partial charge on any atom is -0.344 e. The first-order valence-corrected chi connectivity index (χ1v) is 7.64. The third-order valence-corrected chi connectivity index (χ3v) is 4.04. The van der Waals surface area contributed by atoms with E-state index in [1.807, 2.05) is 0 Å². The molecule has 0 rings (SSSR count). The molecule has 0 aromatic rings. The van der Waals surface area contributed by atoms with Crippen molar-refractivity contribution in [3.05, 3.63) is 0 Å². The van der Waals surface area contributed by atoms with Crippen LogP contribution in [0.5, 0.6) is 0 Å². The monoisotopic (exact) mass is 268 g/mol. The normalized spacial score (nSPS) is 19.4. The Morgan fingerprint density at radius 2 is 1.29 bits per heavy atom. The molecule has 0 aliphatic carbocycles. The van der Waals surface area contributed by atoms with Gasteiger partial charge in [0.25, 0.3) is 0 Å². The maximum atomic E-state index is 12.0. The Kier molecular flexibility index (Phi) is 7.47. The zero-order valence-corrected chi connectivity index (χ0v) is 12.5. The van der Waals surface area contributed by atoms with E-state index in [0.29, 0.717) is 0 Å².